The maximum atomic E-state index is 5.37. The zero-order chi connectivity index (χ0) is 11.2. The van der Waals surface area contributed by atoms with Crippen LogP contribution in [0.25, 0.3) is 0 Å². The average Bonchev–Trinajstić information content (AvgIpc) is 2.38. The molecule has 0 amide bonds. The van der Waals surface area contributed by atoms with Gasteiger partial charge in [-0.3, -0.25) is 4.98 Å². The molecule has 16 heavy (non-hydrogen) atoms. The first-order valence-corrected chi connectivity index (χ1v) is 5.20. The molecule has 2 rings (SSSR count). The second-order valence-corrected chi connectivity index (χ2v) is 3.48. The van der Waals surface area contributed by atoms with Crippen molar-refractivity contribution in [3.8, 4) is 0 Å². The van der Waals surface area contributed by atoms with Crippen molar-refractivity contribution >= 4 is 5.82 Å². The molecule has 0 spiro atoms. The zero-order valence-corrected chi connectivity index (χ0v) is 8.93. The molecule has 0 aliphatic carbocycles. The predicted octanol–water partition coefficient (Wildman–Crippen LogP) is 1.55. The van der Waals surface area contributed by atoms with E-state index < -0.39 is 0 Å². The first-order chi connectivity index (χ1) is 7.90. The molecule has 1 aromatic heterocycles. The molecular weight excluding hydrogens is 200 g/mol. The van der Waals surface area contributed by atoms with Gasteiger partial charge in [-0.05, 0) is 18.4 Å². The van der Waals surface area contributed by atoms with E-state index in [4.69, 9.17) is 5.84 Å². The van der Waals surface area contributed by atoms with Crippen LogP contribution in [-0.4, -0.2) is 9.97 Å². The van der Waals surface area contributed by atoms with E-state index in [0.29, 0.717) is 5.82 Å². The van der Waals surface area contributed by atoms with Crippen molar-refractivity contribution in [2.45, 2.75) is 12.8 Å². The van der Waals surface area contributed by atoms with Crippen molar-refractivity contribution in [2.24, 2.45) is 5.84 Å². The van der Waals surface area contributed by atoms with Gasteiger partial charge < -0.3 is 5.43 Å². The third-order valence-corrected chi connectivity index (χ3v) is 2.40. The molecule has 0 bridgehead atoms. The van der Waals surface area contributed by atoms with Gasteiger partial charge in [0, 0.05) is 12.4 Å². The fraction of sp³-hybridized carbons (Fsp3) is 0.167. The van der Waals surface area contributed by atoms with Crippen LogP contribution in [0, 0.1) is 0 Å². The standard InChI is InChI=1S/C12H14N4/c13-16-12-11(14-8-9-15-12)7-6-10-4-2-1-3-5-10/h1-5,8-9H,6-7,13H2,(H,15,16). The van der Waals surface area contributed by atoms with Crippen molar-refractivity contribution in [1.82, 2.24) is 9.97 Å². The van der Waals surface area contributed by atoms with E-state index in [-0.39, 0.29) is 0 Å². The van der Waals surface area contributed by atoms with E-state index in [2.05, 4.69) is 27.5 Å². The fourth-order valence-corrected chi connectivity index (χ4v) is 1.58. The third-order valence-electron chi connectivity index (χ3n) is 2.40. The van der Waals surface area contributed by atoms with Crippen molar-refractivity contribution < 1.29 is 0 Å². The maximum absolute atomic E-state index is 5.37. The summed E-state index contributed by atoms with van der Waals surface area (Å²) < 4.78 is 0. The fourth-order valence-electron chi connectivity index (χ4n) is 1.58. The molecule has 0 saturated heterocycles. The number of nitrogen functional groups attached to an aromatic ring is 1. The van der Waals surface area contributed by atoms with Crippen molar-refractivity contribution in [3.63, 3.8) is 0 Å². The lowest BCUT2D eigenvalue weighted by Gasteiger charge is -2.05. The highest BCUT2D eigenvalue weighted by atomic mass is 15.3. The van der Waals surface area contributed by atoms with Crippen LogP contribution in [0.1, 0.15) is 11.3 Å². The summed E-state index contributed by atoms with van der Waals surface area (Å²) in [4.78, 5) is 8.37. The van der Waals surface area contributed by atoms with E-state index >= 15 is 0 Å². The first-order valence-electron chi connectivity index (χ1n) is 5.20. The first kappa shape index (κ1) is 10.6. The molecule has 0 unspecified atom stereocenters. The number of nitrogens with two attached hydrogens (primary N) is 1. The molecular formula is C12H14N4. The van der Waals surface area contributed by atoms with Gasteiger partial charge in [-0.2, -0.15) is 0 Å². The Labute approximate surface area is 94.5 Å². The normalized spacial score (nSPS) is 10.1. The van der Waals surface area contributed by atoms with Gasteiger partial charge in [0.15, 0.2) is 5.82 Å². The topological polar surface area (TPSA) is 63.8 Å². The lowest BCUT2D eigenvalue weighted by molar-refractivity contribution is 0.898. The van der Waals surface area contributed by atoms with Crippen molar-refractivity contribution in [3.05, 3.63) is 54.0 Å². The van der Waals surface area contributed by atoms with Crippen LogP contribution in [0.2, 0.25) is 0 Å². The highest BCUT2D eigenvalue weighted by Gasteiger charge is 2.03. The van der Waals surface area contributed by atoms with Crippen LogP contribution < -0.4 is 11.3 Å². The van der Waals surface area contributed by atoms with Gasteiger partial charge in [-0.15, -0.1) is 0 Å². The molecule has 0 atom stereocenters. The number of nitrogens with one attached hydrogen (secondary N) is 1. The predicted molar refractivity (Wildman–Crippen MR) is 63.7 cm³/mol. The zero-order valence-electron chi connectivity index (χ0n) is 8.93. The lowest BCUT2D eigenvalue weighted by atomic mass is 10.1. The van der Waals surface area contributed by atoms with Crippen LogP contribution in [0.15, 0.2) is 42.7 Å². The molecule has 0 fully saturated rings. The number of nitrogens with zero attached hydrogens (tertiary/aromatic N) is 2. The highest BCUT2D eigenvalue weighted by Crippen LogP contribution is 2.10. The third kappa shape index (κ3) is 2.55. The monoisotopic (exact) mass is 214 g/mol. The SMILES string of the molecule is NNc1nccnc1CCc1ccccc1. The minimum atomic E-state index is 0.651. The summed E-state index contributed by atoms with van der Waals surface area (Å²) in [6, 6.07) is 10.3. The Hall–Kier alpha value is -1.94. The number of aromatic nitrogens is 2. The summed E-state index contributed by atoms with van der Waals surface area (Å²) in [6.07, 6.45) is 5.08. The molecule has 0 aliphatic rings. The smallest absolute Gasteiger partial charge is 0.161 e. The number of hydrazine groups is 1. The highest BCUT2D eigenvalue weighted by molar-refractivity contribution is 5.38. The number of anilines is 1. The molecule has 4 nitrogen and oxygen atoms in total. The number of hydrogen-bond donors (Lipinski definition) is 2. The largest absolute Gasteiger partial charge is 0.307 e. The Morgan fingerprint density at radius 2 is 1.75 bits per heavy atom. The van der Waals surface area contributed by atoms with Gasteiger partial charge >= 0.3 is 0 Å². The minimum absolute atomic E-state index is 0.651. The van der Waals surface area contributed by atoms with E-state index in [0.717, 1.165) is 18.5 Å². The van der Waals surface area contributed by atoms with Gasteiger partial charge in [0.25, 0.3) is 0 Å². The molecule has 2 aromatic rings. The van der Waals surface area contributed by atoms with E-state index in [1.807, 2.05) is 18.2 Å². The van der Waals surface area contributed by atoms with Crippen molar-refractivity contribution in [2.75, 3.05) is 5.43 Å². The van der Waals surface area contributed by atoms with E-state index in [1.54, 1.807) is 12.4 Å². The van der Waals surface area contributed by atoms with Gasteiger partial charge in [0.2, 0.25) is 0 Å². The minimum Gasteiger partial charge on any atom is -0.307 e. The van der Waals surface area contributed by atoms with Gasteiger partial charge in [-0.1, -0.05) is 30.3 Å². The summed E-state index contributed by atoms with van der Waals surface area (Å²) in [6.45, 7) is 0. The summed E-state index contributed by atoms with van der Waals surface area (Å²) >= 11 is 0. The van der Waals surface area contributed by atoms with Crippen molar-refractivity contribution in [1.29, 1.82) is 0 Å². The second kappa shape index (κ2) is 5.23. The van der Waals surface area contributed by atoms with Crippen LogP contribution in [0.5, 0.6) is 0 Å². The summed E-state index contributed by atoms with van der Waals surface area (Å²) in [7, 11) is 0. The van der Waals surface area contributed by atoms with Crippen LogP contribution in [-0.2, 0) is 12.8 Å². The Bertz CT molecular complexity index is 442. The quantitative estimate of drug-likeness (QED) is 0.598. The van der Waals surface area contributed by atoms with Crippen LogP contribution in [0.4, 0.5) is 5.82 Å². The van der Waals surface area contributed by atoms with E-state index in [9.17, 15) is 0 Å². The molecule has 82 valence electrons. The molecule has 0 saturated carbocycles. The molecule has 1 aromatic carbocycles. The van der Waals surface area contributed by atoms with Crippen LogP contribution in [0.3, 0.4) is 0 Å². The average molecular weight is 214 g/mol. The molecule has 0 aliphatic heterocycles. The van der Waals surface area contributed by atoms with E-state index in [1.165, 1.54) is 5.56 Å². The van der Waals surface area contributed by atoms with Gasteiger partial charge in [0.1, 0.15) is 0 Å². The molecule has 0 radical (unpaired) electrons. The Balaban J connectivity index is 2.05. The Morgan fingerprint density at radius 3 is 2.50 bits per heavy atom. The summed E-state index contributed by atoms with van der Waals surface area (Å²) in [5.41, 5.74) is 4.74. The molecule has 4 heteroatoms. The maximum Gasteiger partial charge on any atom is 0.161 e. The Kier molecular flexibility index (Phi) is 3.46. The van der Waals surface area contributed by atoms with Gasteiger partial charge in [0.05, 0.1) is 5.69 Å². The number of rotatable bonds is 4. The van der Waals surface area contributed by atoms with Gasteiger partial charge in [-0.25, -0.2) is 10.8 Å². The van der Waals surface area contributed by atoms with Crippen LogP contribution >= 0.6 is 0 Å². The number of hydrogen-bond acceptors (Lipinski definition) is 4. The second-order valence-electron chi connectivity index (χ2n) is 3.48. The number of benzene rings is 1. The lowest BCUT2D eigenvalue weighted by Crippen LogP contribution is -2.12. The molecule has 3 N–H and O–H groups in total. The summed E-state index contributed by atoms with van der Waals surface area (Å²) in [5, 5.41) is 0. The molecule has 1 heterocycles. The number of aryl methyl sites for hydroxylation is 2. The Morgan fingerprint density at radius 1 is 1.00 bits per heavy atom. The summed E-state index contributed by atoms with van der Waals surface area (Å²) in [5.74, 6) is 6.02.